The SMILES string of the molecule is CCCCC(CCC)(C(N)=O)N1CCNCC1. The summed E-state index contributed by atoms with van der Waals surface area (Å²) in [7, 11) is 0. The first-order valence-electron chi connectivity index (χ1n) is 6.93. The highest BCUT2D eigenvalue weighted by Crippen LogP contribution is 2.28. The average Bonchev–Trinajstić information content (AvgIpc) is 2.35. The van der Waals surface area contributed by atoms with E-state index in [9.17, 15) is 4.79 Å². The monoisotopic (exact) mass is 241 g/mol. The first kappa shape index (κ1) is 14.5. The fraction of sp³-hybridized carbons (Fsp3) is 0.923. The van der Waals surface area contributed by atoms with Gasteiger partial charge in [-0.3, -0.25) is 9.69 Å². The molecule has 1 fully saturated rings. The number of hydrogen-bond acceptors (Lipinski definition) is 3. The molecule has 1 heterocycles. The summed E-state index contributed by atoms with van der Waals surface area (Å²) >= 11 is 0. The quantitative estimate of drug-likeness (QED) is 0.702. The molecular formula is C13H27N3O. The van der Waals surface area contributed by atoms with Gasteiger partial charge in [-0.05, 0) is 12.8 Å². The molecule has 4 nitrogen and oxygen atoms in total. The van der Waals surface area contributed by atoms with Crippen molar-refractivity contribution < 1.29 is 4.79 Å². The lowest BCUT2D eigenvalue weighted by Gasteiger charge is -2.44. The fourth-order valence-corrected chi connectivity index (χ4v) is 2.82. The summed E-state index contributed by atoms with van der Waals surface area (Å²) < 4.78 is 0. The van der Waals surface area contributed by atoms with Gasteiger partial charge in [0.25, 0.3) is 0 Å². The predicted octanol–water partition coefficient (Wildman–Crippen LogP) is 1.11. The maximum Gasteiger partial charge on any atom is 0.237 e. The molecule has 0 saturated carbocycles. The lowest BCUT2D eigenvalue weighted by Crippen LogP contribution is -2.62. The highest BCUT2D eigenvalue weighted by molar-refractivity contribution is 5.84. The Balaban J connectivity index is 2.82. The number of unbranched alkanes of at least 4 members (excludes halogenated alkanes) is 1. The van der Waals surface area contributed by atoms with Gasteiger partial charge in [0.1, 0.15) is 5.54 Å². The molecule has 1 aliphatic heterocycles. The lowest BCUT2D eigenvalue weighted by atomic mass is 9.84. The zero-order valence-corrected chi connectivity index (χ0v) is 11.3. The highest BCUT2D eigenvalue weighted by atomic mass is 16.1. The summed E-state index contributed by atoms with van der Waals surface area (Å²) in [5.74, 6) is -0.130. The summed E-state index contributed by atoms with van der Waals surface area (Å²) in [6.07, 6.45) is 5.00. The van der Waals surface area contributed by atoms with Gasteiger partial charge in [0, 0.05) is 26.2 Å². The number of piperazine rings is 1. The van der Waals surface area contributed by atoms with Crippen molar-refractivity contribution in [1.29, 1.82) is 0 Å². The Morgan fingerprint density at radius 2 is 1.88 bits per heavy atom. The van der Waals surface area contributed by atoms with Gasteiger partial charge < -0.3 is 11.1 Å². The molecule has 0 aromatic carbocycles. The number of rotatable bonds is 7. The van der Waals surface area contributed by atoms with Crippen molar-refractivity contribution in [3.05, 3.63) is 0 Å². The smallest absolute Gasteiger partial charge is 0.237 e. The fourth-order valence-electron chi connectivity index (χ4n) is 2.82. The molecule has 0 aromatic rings. The molecule has 1 aliphatic rings. The first-order chi connectivity index (χ1) is 8.17. The van der Waals surface area contributed by atoms with E-state index in [0.29, 0.717) is 0 Å². The molecule has 100 valence electrons. The third-order valence-corrected chi connectivity index (χ3v) is 3.79. The minimum absolute atomic E-state index is 0.130. The van der Waals surface area contributed by atoms with Gasteiger partial charge in [-0.2, -0.15) is 0 Å². The van der Waals surface area contributed by atoms with Crippen molar-refractivity contribution in [2.45, 2.75) is 51.5 Å². The standard InChI is InChI=1S/C13H27N3O/c1-3-5-7-13(6-4-2,12(14)17)16-10-8-15-9-11-16/h15H,3-11H2,1-2H3,(H2,14,17). The van der Waals surface area contributed by atoms with Gasteiger partial charge >= 0.3 is 0 Å². The van der Waals surface area contributed by atoms with Crippen molar-refractivity contribution in [3.8, 4) is 0 Å². The maximum absolute atomic E-state index is 12.0. The Kier molecular flexibility index (Phi) is 5.92. The molecule has 0 aliphatic carbocycles. The molecule has 1 unspecified atom stereocenters. The van der Waals surface area contributed by atoms with Crippen LogP contribution in [0.15, 0.2) is 0 Å². The van der Waals surface area contributed by atoms with Crippen LogP contribution in [0.2, 0.25) is 0 Å². The Bertz CT molecular complexity index is 239. The summed E-state index contributed by atoms with van der Waals surface area (Å²) in [6.45, 7) is 8.09. The molecule has 0 spiro atoms. The van der Waals surface area contributed by atoms with Gasteiger partial charge in [0.05, 0.1) is 0 Å². The van der Waals surface area contributed by atoms with Crippen molar-refractivity contribution in [1.82, 2.24) is 10.2 Å². The van der Waals surface area contributed by atoms with E-state index in [1.54, 1.807) is 0 Å². The highest BCUT2D eigenvalue weighted by Gasteiger charge is 2.41. The van der Waals surface area contributed by atoms with Crippen LogP contribution in [0.25, 0.3) is 0 Å². The zero-order chi connectivity index (χ0) is 12.7. The van der Waals surface area contributed by atoms with E-state index in [1.165, 1.54) is 0 Å². The van der Waals surface area contributed by atoms with Gasteiger partial charge in [0.15, 0.2) is 0 Å². The molecule has 0 bridgehead atoms. The van der Waals surface area contributed by atoms with E-state index >= 15 is 0 Å². The minimum atomic E-state index is -0.396. The van der Waals surface area contributed by atoms with Crippen LogP contribution < -0.4 is 11.1 Å². The third kappa shape index (κ3) is 3.42. The van der Waals surface area contributed by atoms with Crippen LogP contribution in [0.1, 0.15) is 46.0 Å². The minimum Gasteiger partial charge on any atom is -0.368 e. The molecule has 0 aromatic heterocycles. The van der Waals surface area contributed by atoms with Crippen LogP contribution in [0.3, 0.4) is 0 Å². The number of amides is 1. The van der Waals surface area contributed by atoms with E-state index in [0.717, 1.165) is 58.3 Å². The molecule has 4 heteroatoms. The third-order valence-electron chi connectivity index (χ3n) is 3.79. The van der Waals surface area contributed by atoms with Crippen LogP contribution in [0.4, 0.5) is 0 Å². The van der Waals surface area contributed by atoms with Crippen LogP contribution in [0, 0.1) is 0 Å². The van der Waals surface area contributed by atoms with Gasteiger partial charge in [-0.25, -0.2) is 0 Å². The number of carbonyl (C=O) groups excluding carboxylic acids is 1. The predicted molar refractivity (Wildman–Crippen MR) is 70.8 cm³/mol. The Hall–Kier alpha value is -0.610. The number of hydrogen-bond donors (Lipinski definition) is 2. The largest absolute Gasteiger partial charge is 0.368 e. The van der Waals surface area contributed by atoms with Crippen molar-refractivity contribution >= 4 is 5.91 Å². The number of carbonyl (C=O) groups is 1. The van der Waals surface area contributed by atoms with Crippen LogP contribution >= 0.6 is 0 Å². The second-order valence-corrected chi connectivity index (χ2v) is 4.99. The van der Waals surface area contributed by atoms with Crippen LogP contribution in [0.5, 0.6) is 0 Å². The Morgan fingerprint density at radius 3 is 2.35 bits per heavy atom. The second kappa shape index (κ2) is 6.97. The van der Waals surface area contributed by atoms with E-state index in [4.69, 9.17) is 5.73 Å². The van der Waals surface area contributed by atoms with Gasteiger partial charge in [-0.15, -0.1) is 0 Å². The number of nitrogens with one attached hydrogen (secondary N) is 1. The zero-order valence-electron chi connectivity index (χ0n) is 11.3. The Morgan fingerprint density at radius 1 is 1.24 bits per heavy atom. The molecule has 17 heavy (non-hydrogen) atoms. The molecule has 0 radical (unpaired) electrons. The average molecular weight is 241 g/mol. The van der Waals surface area contributed by atoms with Gasteiger partial charge in [0.2, 0.25) is 5.91 Å². The summed E-state index contributed by atoms with van der Waals surface area (Å²) in [5, 5.41) is 3.33. The van der Waals surface area contributed by atoms with Crippen LogP contribution in [-0.4, -0.2) is 42.5 Å². The molecule has 1 atom stereocenters. The van der Waals surface area contributed by atoms with E-state index < -0.39 is 5.54 Å². The molecule has 3 N–H and O–H groups in total. The normalized spacial score (nSPS) is 21.1. The molecule has 1 amide bonds. The molecule has 1 rings (SSSR count). The Labute approximate surface area is 105 Å². The number of nitrogens with zero attached hydrogens (tertiary/aromatic N) is 1. The van der Waals surface area contributed by atoms with E-state index in [1.807, 2.05) is 0 Å². The van der Waals surface area contributed by atoms with Crippen molar-refractivity contribution in [3.63, 3.8) is 0 Å². The van der Waals surface area contributed by atoms with Crippen molar-refractivity contribution in [2.24, 2.45) is 5.73 Å². The van der Waals surface area contributed by atoms with Crippen molar-refractivity contribution in [2.75, 3.05) is 26.2 Å². The van der Waals surface area contributed by atoms with Gasteiger partial charge in [-0.1, -0.05) is 33.1 Å². The second-order valence-electron chi connectivity index (χ2n) is 4.99. The van der Waals surface area contributed by atoms with E-state index in [2.05, 4.69) is 24.1 Å². The van der Waals surface area contributed by atoms with Crippen LogP contribution in [-0.2, 0) is 4.79 Å². The number of primary amides is 1. The lowest BCUT2D eigenvalue weighted by molar-refractivity contribution is -0.132. The topological polar surface area (TPSA) is 58.4 Å². The number of nitrogens with two attached hydrogens (primary N) is 1. The molecule has 1 saturated heterocycles. The molecular weight excluding hydrogens is 214 g/mol. The maximum atomic E-state index is 12.0. The summed E-state index contributed by atoms with van der Waals surface area (Å²) in [4.78, 5) is 14.3. The van der Waals surface area contributed by atoms with E-state index in [-0.39, 0.29) is 5.91 Å². The summed E-state index contributed by atoms with van der Waals surface area (Å²) in [6, 6.07) is 0. The first-order valence-corrected chi connectivity index (χ1v) is 6.93. The summed E-state index contributed by atoms with van der Waals surface area (Å²) in [5.41, 5.74) is 5.33.